The molecule has 0 saturated heterocycles. The zero-order valence-corrected chi connectivity index (χ0v) is 22.5. The number of fused-ring (bicyclic) bond motifs is 3. The summed E-state index contributed by atoms with van der Waals surface area (Å²) in [5, 5.41) is 4.50. The Balaban J connectivity index is 1.19. The van der Waals surface area contributed by atoms with Gasteiger partial charge in [-0.05, 0) is 65.9 Å². The van der Waals surface area contributed by atoms with Crippen LogP contribution in [0.1, 0.15) is 40.6 Å². The van der Waals surface area contributed by atoms with Crippen LogP contribution in [0.3, 0.4) is 0 Å². The van der Waals surface area contributed by atoms with E-state index in [1.807, 2.05) is 48.7 Å². The van der Waals surface area contributed by atoms with Gasteiger partial charge >= 0.3 is 0 Å². The molecule has 1 heterocycles. The molecule has 4 aromatic rings. The summed E-state index contributed by atoms with van der Waals surface area (Å²) < 4.78 is 7.07. The number of para-hydroxylation sites is 1. The van der Waals surface area contributed by atoms with Gasteiger partial charge in [-0.3, -0.25) is 4.99 Å². The monoisotopic (exact) mass is 568 g/mol. The number of aliphatic imine (C=N–C) groups is 1. The Hall–Kier alpha value is -3.34. The summed E-state index contributed by atoms with van der Waals surface area (Å²) in [6, 6.07) is 31.2. The molecule has 0 amide bonds. The number of hydrogen-bond donors (Lipinski definition) is 1. The van der Waals surface area contributed by atoms with E-state index in [4.69, 9.17) is 21.3 Å². The van der Waals surface area contributed by atoms with Crippen molar-refractivity contribution in [3.05, 3.63) is 135 Å². The smallest absolute Gasteiger partial charge is 0.128 e. The van der Waals surface area contributed by atoms with Crippen LogP contribution >= 0.6 is 27.5 Å². The van der Waals surface area contributed by atoms with E-state index < -0.39 is 0 Å². The molecule has 37 heavy (non-hydrogen) atoms. The van der Waals surface area contributed by atoms with Gasteiger partial charge in [0.15, 0.2) is 0 Å². The van der Waals surface area contributed by atoms with Crippen molar-refractivity contribution in [1.82, 2.24) is 0 Å². The van der Waals surface area contributed by atoms with E-state index in [1.165, 1.54) is 16.8 Å². The molecule has 0 bridgehead atoms. The van der Waals surface area contributed by atoms with E-state index in [-0.39, 0.29) is 6.04 Å². The third kappa shape index (κ3) is 5.09. The normalized spacial score (nSPS) is 19.9. The minimum Gasteiger partial charge on any atom is -0.488 e. The standard InChI is InChI=1S/C32H26BrClN2O/c33-24-14-17-31(37-20-22-6-1-3-10-29(22)34)23(18-24)19-35-25-15-12-21(13-16-25)32-28-9-5-8-26(28)27-7-2-4-11-30(27)36-32/h1-8,10-19,26,28,32,36H,9,20H2/t26-,28+,32-/m0/s1. The highest BCUT2D eigenvalue weighted by Crippen LogP contribution is 2.49. The predicted molar refractivity (Wildman–Crippen MR) is 156 cm³/mol. The number of ether oxygens (including phenoxy) is 1. The number of benzene rings is 4. The summed E-state index contributed by atoms with van der Waals surface area (Å²) >= 11 is 9.87. The highest BCUT2D eigenvalue weighted by Gasteiger charge is 2.37. The SMILES string of the molecule is Clc1ccccc1COc1ccc(Br)cc1C=Nc1ccc([C@@H]2Nc3ccccc3[C@@H]3C=CC[C@H]32)cc1. The largest absolute Gasteiger partial charge is 0.488 e. The summed E-state index contributed by atoms with van der Waals surface area (Å²) in [4.78, 5) is 4.75. The van der Waals surface area contributed by atoms with Crippen LogP contribution in [0.25, 0.3) is 0 Å². The molecule has 6 rings (SSSR count). The minimum absolute atomic E-state index is 0.280. The molecule has 0 spiro atoms. The summed E-state index contributed by atoms with van der Waals surface area (Å²) in [7, 11) is 0. The van der Waals surface area contributed by atoms with Crippen molar-refractivity contribution >= 4 is 45.1 Å². The van der Waals surface area contributed by atoms with Crippen LogP contribution in [0.4, 0.5) is 11.4 Å². The Morgan fingerprint density at radius 2 is 1.78 bits per heavy atom. The second-order valence-corrected chi connectivity index (χ2v) is 10.8. The number of allylic oxidation sites excluding steroid dienone is 2. The average Bonchev–Trinajstić information content (AvgIpc) is 3.43. The second kappa shape index (κ2) is 10.6. The molecule has 0 fully saturated rings. The maximum atomic E-state index is 6.30. The molecule has 5 heteroatoms. The van der Waals surface area contributed by atoms with Crippen LogP contribution in [0, 0.1) is 5.92 Å². The first-order valence-corrected chi connectivity index (χ1v) is 13.6. The van der Waals surface area contributed by atoms with Crippen LogP contribution in [0.5, 0.6) is 5.75 Å². The number of hydrogen-bond acceptors (Lipinski definition) is 3. The first-order valence-electron chi connectivity index (χ1n) is 12.5. The fourth-order valence-corrected chi connectivity index (χ4v) is 5.88. The number of anilines is 1. The summed E-state index contributed by atoms with van der Waals surface area (Å²) in [5.41, 5.74) is 6.68. The molecule has 2 aliphatic rings. The lowest BCUT2D eigenvalue weighted by Crippen LogP contribution is -2.28. The van der Waals surface area contributed by atoms with Crippen molar-refractivity contribution in [2.24, 2.45) is 10.9 Å². The molecule has 0 radical (unpaired) electrons. The van der Waals surface area contributed by atoms with Gasteiger partial charge in [0.05, 0.1) is 11.7 Å². The quantitative estimate of drug-likeness (QED) is 0.185. The highest BCUT2D eigenvalue weighted by atomic mass is 79.9. The van der Waals surface area contributed by atoms with Crippen LogP contribution in [-0.2, 0) is 6.61 Å². The van der Waals surface area contributed by atoms with E-state index in [0.29, 0.717) is 23.5 Å². The Bertz CT molecular complexity index is 1480. The molecule has 0 aromatic heterocycles. The van der Waals surface area contributed by atoms with E-state index in [2.05, 4.69) is 81.9 Å². The topological polar surface area (TPSA) is 33.6 Å². The average molecular weight is 570 g/mol. The van der Waals surface area contributed by atoms with E-state index in [9.17, 15) is 0 Å². The Morgan fingerprint density at radius 1 is 0.973 bits per heavy atom. The lowest BCUT2D eigenvalue weighted by Gasteiger charge is -2.37. The van der Waals surface area contributed by atoms with Crippen LogP contribution in [0.2, 0.25) is 5.02 Å². The number of nitrogens with zero attached hydrogens (tertiary/aromatic N) is 1. The molecule has 3 atom stereocenters. The lowest BCUT2D eigenvalue weighted by molar-refractivity contribution is 0.306. The molecule has 184 valence electrons. The number of nitrogens with one attached hydrogen (secondary N) is 1. The fraction of sp³-hybridized carbons (Fsp3) is 0.156. The zero-order valence-electron chi connectivity index (χ0n) is 20.1. The van der Waals surface area contributed by atoms with Gasteiger partial charge in [-0.1, -0.05) is 88.2 Å². The molecule has 1 N–H and O–H groups in total. The van der Waals surface area contributed by atoms with Gasteiger partial charge < -0.3 is 10.1 Å². The summed E-state index contributed by atoms with van der Waals surface area (Å²) in [5.74, 6) is 1.76. The Morgan fingerprint density at radius 3 is 2.65 bits per heavy atom. The second-order valence-electron chi connectivity index (χ2n) is 9.47. The zero-order chi connectivity index (χ0) is 25.2. The van der Waals surface area contributed by atoms with Gasteiger partial charge in [0.1, 0.15) is 12.4 Å². The maximum Gasteiger partial charge on any atom is 0.128 e. The van der Waals surface area contributed by atoms with Gasteiger partial charge in [0.25, 0.3) is 0 Å². The van der Waals surface area contributed by atoms with E-state index >= 15 is 0 Å². The molecule has 0 unspecified atom stereocenters. The van der Waals surface area contributed by atoms with Crippen molar-refractivity contribution in [2.75, 3.05) is 5.32 Å². The van der Waals surface area contributed by atoms with Crippen molar-refractivity contribution in [3.8, 4) is 5.75 Å². The van der Waals surface area contributed by atoms with Crippen molar-refractivity contribution in [3.63, 3.8) is 0 Å². The van der Waals surface area contributed by atoms with Gasteiger partial charge in [0, 0.05) is 38.4 Å². The first kappa shape index (κ1) is 24.0. The predicted octanol–water partition coefficient (Wildman–Crippen LogP) is 9.26. The van der Waals surface area contributed by atoms with Crippen molar-refractivity contribution in [1.29, 1.82) is 0 Å². The minimum atomic E-state index is 0.280. The maximum absolute atomic E-state index is 6.30. The molecule has 0 saturated carbocycles. The summed E-state index contributed by atoms with van der Waals surface area (Å²) in [6.45, 7) is 0.394. The van der Waals surface area contributed by atoms with Gasteiger partial charge in [0.2, 0.25) is 0 Å². The van der Waals surface area contributed by atoms with Crippen LogP contribution < -0.4 is 10.1 Å². The Kier molecular flexibility index (Phi) is 6.86. The number of rotatable bonds is 6. The molecular weight excluding hydrogens is 544 g/mol. The van der Waals surface area contributed by atoms with Gasteiger partial charge in [-0.25, -0.2) is 0 Å². The molecule has 1 aliphatic heterocycles. The third-order valence-electron chi connectivity index (χ3n) is 7.19. The van der Waals surface area contributed by atoms with Gasteiger partial charge in [-0.15, -0.1) is 0 Å². The first-order chi connectivity index (χ1) is 18.2. The highest BCUT2D eigenvalue weighted by molar-refractivity contribution is 9.10. The van der Waals surface area contributed by atoms with Crippen LogP contribution in [0.15, 0.2) is 113 Å². The number of halogens is 2. The fourth-order valence-electron chi connectivity index (χ4n) is 5.31. The van der Waals surface area contributed by atoms with Crippen LogP contribution in [-0.4, -0.2) is 6.21 Å². The molecule has 3 nitrogen and oxygen atoms in total. The van der Waals surface area contributed by atoms with Crippen molar-refractivity contribution in [2.45, 2.75) is 25.0 Å². The van der Waals surface area contributed by atoms with Crippen molar-refractivity contribution < 1.29 is 4.74 Å². The van der Waals surface area contributed by atoms with Gasteiger partial charge in [-0.2, -0.15) is 0 Å². The molecule has 1 aliphatic carbocycles. The third-order valence-corrected chi connectivity index (χ3v) is 8.05. The lowest BCUT2D eigenvalue weighted by atomic mass is 9.77. The van der Waals surface area contributed by atoms with E-state index in [0.717, 1.165) is 33.5 Å². The summed E-state index contributed by atoms with van der Waals surface area (Å²) in [6.07, 6.45) is 7.65. The molecule has 4 aromatic carbocycles. The Labute approximate surface area is 231 Å². The molecular formula is C32H26BrClN2O. The van der Waals surface area contributed by atoms with E-state index in [1.54, 1.807) is 0 Å².